The van der Waals surface area contributed by atoms with Crippen LogP contribution in [-0.4, -0.2) is 20.4 Å². The fourth-order valence-corrected chi connectivity index (χ4v) is 4.02. The van der Waals surface area contributed by atoms with Crippen LogP contribution in [0, 0.1) is 5.82 Å². The van der Waals surface area contributed by atoms with E-state index in [9.17, 15) is 17.6 Å². The van der Waals surface area contributed by atoms with Gasteiger partial charge in [-0.15, -0.1) is 0 Å². The van der Waals surface area contributed by atoms with Crippen LogP contribution in [0.15, 0.2) is 51.8 Å². The van der Waals surface area contributed by atoms with Crippen molar-refractivity contribution >= 4 is 37.5 Å². The Bertz CT molecular complexity index is 931. The van der Waals surface area contributed by atoms with Crippen molar-refractivity contribution in [1.82, 2.24) is 10.1 Å². The van der Waals surface area contributed by atoms with Crippen LogP contribution in [0.5, 0.6) is 0 Å². The van der Waals surface area contributed by atoms with Crippen LogP contribution in [0.1, 0.15) is 24.8 Å². The van der Waals surface area contributed by atoms with Crippen molar-refractivity contribution in [2.75, 3.05) is 5.43 Å². The number of carbonyl (C=O) groups excluding carboxylic acids is 1. The van der Waals surface area contributed by atoms with E-state index in [4.69, 9.17) is 0 Å². The van der Waals surface area contributed by atoms with E-state index in [1.165, 1.54) is 18.2 Å². The maximum absolute atomic E-state index is 13.7. The van der Waals surface area contributed by atoms with Gasteiger partial charge in [-0.25, -0.2) is 17.5 Å². The molecule has 1 amide bonds. The van der Waals surface area contributed by atoms with Gasteiger partial charge in [0.2, 0.25) is 15.9 Å². The van der Waals surface area contributed by atoms with Gasteiger partial charge in [-0.3, -0.25) is 15.6 Å². The molecule has 1 fully saturated rings. The zero-order valence-electron chi connectivity index (χ0n) is 14.3. The lowest BCUT2D eigenvalue weighted by Crippen LogP contribution is -2.29. The predicted molar refractivity (Wildman–Crippen MR) is 104 cm³/mol. The Labute approximate surface area is 165 Å². The summed E-state index contributed by atoms with van der Waals surface area (Å²) in [5, 5.41) is 0. The van der Waals surface area contributed by atoms with Gasteiger partial charge in [-0.2, -0.15) is 0 Å². The number of rotatable bonds is 8. The van der Waals surface area contributed by atoms with E-state index < -0.39 is 10.0 Å². The smallest absolute Gasteiger partial charge is 0.240 e. The highest BCUT2D eigenvalue weighted by atomic mass is 79.9. The summed E-state index contributed by atoms with van der Waals surface area (Å²) in [6, 6.07) is 10.8. The second-order valence-electron chi connectivity index (χ2n) is 6.33. The van der Waals surface area contributed by atoms with Gasteiger partial charge < -0.3 is 0 Å². The Morgan fingerprint density at radius 1 is 1.15 bits per heavy atom. The second-order valence-corrected chi connectivity index (χ2v) is 8.96. The maximum Gasteiger partial charge on any atom is 0.240 e. The quantitative estimate of drug-likeness (QED) is 0.533. The molecule has 3 N–H and O–H groups in total. The number of hydrogen-bond donors (Lipinski definition) is 3. The van der Waals surface area contributed by atoms with E-state index in [0.29, 0.717) is 15.7 Å². The molecular weight excluding hydrogens is 437 g/mol. The minimum atomic E-state index is -3.50. The molecule has 0 spiro atoms. The number of amides is 1. The SMILES string of the molecule is O=C(CCc1ccc(Br)cc1F)NNc1ccc(S(=O)(=O)NC2CC2)cc1. The lowest BCUT2D eigenvalue weighted by molar-refractivity contribution is -0.120. The van der Waals surface area contributed by atoms with E-state index in [1.54, 1.807) is 24.3 Å². The van der Waals surface area contributed by atoms with E-state index >= 15 is 0 Å². The number of benzene rings is 2. The van der Waals surface area contributed by atoms with Gasteiger partial charge in [0, 0.05) is 16.9 Å². The van der Waals surface area contributed by atoms with Crippen molar-refractivity contribution in [3.05, 3.63) is 58.3 Å². The number of nitrogens with one attached hydrogen (secondary N) is 3. The van der Waals surface area contributed by atoms with E-state index in [2.05, 4.69) is 31.5 Å². The lowest BCUT2D eigenvalue weighted by atomic mass is 10.1. The van der Waals surface area contributed by atoms with E-state index in [0.717, 1.165) is 12.8 Å². The number of hydrogen-bond acceptors (Lipinski definition) is 4. The van der Waals surface area contributed by atoms with Crippen LogP contribution < -0.4 is 15.6 Å². The molecule has 0 heterocycles. The third-order valence-electron chi connectivity index (χ3n) is 4.05. The van der Waals surface area contributed by atoms with Crippen molar-refractivity contribution in [3.63, 3.8) is 0 Å². The molecule has 9 heteroatoms. The molecule has 0 radical (unpaired) electrons. The number of halogens is 2. The molecule has 0 atom stereocenters. The largest absolute Gasteiger partial charge is 0.299 e. The van der Waals surface area contributed by atoms with E-state index in [1.807, 2.05) is 0 Å². The third-order valence-corrected chi connectivity index (χ3v) is 6.08. The van der Waals surface area contributed by atoms with Gasteiger partial charge in [-0.1, -0.05) is 22.0 Å². The van der Waals surface area contributed by atoms with Gasteiger partial charge in [-0.05, 0) is 61.2 Å². The summed E-state index contributed by atoms with van der Waals surface area (Å²) in [7, 11) is -3.50. The van der Waals surface area contributed by atoms with Crippen molar-refractivity contribution < 1.29 is 17.6 Å². The normalized spacial score (nSPS) is 14.0. The third kappa shape index (κ3) is 5.75. The Balaban J connectivity index is 1.48. The van der Waals surface area contributed by atoms with Crippen LogP contribution in [0.2, 0.25) is 0 Å². The molecule has 0 aromatic heterocycles. The average molecular weight is 456 g/mol. The molecule has 0 bridgehead atoms. The Morgan fingerprint density at radius 3 is 2.48 bits per heavy atom. The van der Waals surface area contributed by atoms with Crippen LogP contribution in [0.3, 0.4) is 0 Å². The number of hydrazine groups is 1. The van der Waals surface area contributed by atoms with Gasteiger partial charge in [0.15, 0.2) is 0 Å². The van der Waals surface area contributed by atoms with Crippen molar-refractivity contribution in [1.29, 1.82) is 0 Å². The van der Waals surface area contributed by atoms with Crippen LogP contribution in [-0.2, 0) is 21.2 Å². The summed E-state index contributed by atoms with van der Waals surface area (Å²) >= 11 is 3.19. The molecule has 144 valence electrons. The average Bonchev–Trinajstić information content (AvgIpc) is 3.43. The molecule has 1 aliphatic rings. The number of sulfonamides is 1. The molecule has 0 aliphatic heterocycles. The molecule has 2 aromatic rings. The highest BCUT2D eigenvalue weighted by Gasteiger charge is 2.27. The van der Waals surface area contributed by atoms with Crippen molar-refractivity contribution in [2.24, 2.45) is 0 Å². The van der Waals surface area contributed by atoms with E-state index in [-0.39, 0.29) is 35.5 Å². The molecule has 3 rings (SSSR count). The van der Waals surface area contributed by atoms with Crippen LogP contribution in [0.25, 0.3) is 0 Å². The van der Waals surface area contributed by atoms with Gasteiger partial charge in [0.1, 0.15) is 5.82 Å². The molecular formula is C18H19BrFN3O3S. The minimum Gasteiger partial charge on any atom is -0.299 e. The summed E-state index contributed by atoms with van der Waals surface area (Å²) < 4.78 is 41.2. The second kappa shape index (κ2) is 8.37. The zero-order valence-corrected chi connectivity index (χ0v) is 16.7. The zero-order chi connectivity index (χ0) is 19.4. The highest BCUT2D eigenvalue weighted by Crippen LogP contribution is 2.22. The Kier molecular flexibility index (Phi) is 6.13. The number of aryl methyl sites for hydroxylation is 1. The Hall–Kier alpha value is -1.97. The minimum absolute atomic E-state index is 0.0441. The summed E-state index contributed by atoms with van der Waals surface area (Å²) in [6.45, 7) is 0. The van der Waals surface area contributed by atoms with Gasteiger partial charge in [0.05, 0.1) is 10.6 Å². The summed E-state index contributed by atoms with van der Waals surface area (Å²) in [6.07, 6.45) is 2.13. The van der Waals surface area contributed by atoms with Gasteiger partial charge in [0.25, 0.3) is 0 Å². The van der Waals surface area contributed by atoms with Crippen molar-refractivity contribution in [3.8, 4) is 0 Å². The van der Waals surface area contributed by atoms with Crippen molar-refractivity contribution in [2.45, 2.75) is 36.6 Å². The monoisotopic (exact) mass is 455 g/mol. The summed E-state index contributed by atoms with van der Waals surface area (Å²) in [5.41, 5.74) is 6.24. The first-order valence-electron chi connectivity index (χ1n) is 8.45. The first kappa shape index (κ1) is 19.8. The highest BCUT2D eigenvalue weighted by molar-refractivity contribution is 9.10. The fraction of sp³-hybridized carbons (Fsp3) is 0.278. The summed E-state index contributed by atoms with van der Waals surface area (Å²) in [4.78, 5) is 12.1. The molecule has 0 saturated heterocycles. The van der Waals surface area contributed by atoms with Crippen LogP contribution in [0.4, 0.5) is 10.1 Å². The first-order valence-corrected chi connectivity index (χ1v) is 10.7. The standard InChI is InChI=1S/C18H19BrFN3O3S/c19-13-3-1-12(17(20)11-13)2-10-18(24)22-21-14-6-8-16(9-7-14)27(25,26)23-15-4-5-15/h1,3,6-9,11,15,21,23H,2,4-5,10H2,(H,22,24). The lowest BCUT2D eigenvalue weighted by Gasteiger charge is -2.10. The molecule has 2 aromatic carbocycles. The molecule has 1 aliphatic carbocycles. The topological polar surface area (TPSA) is 87.3 Å². The number of anilines is 1. The molecule has 6 nitrogen and oxygen atoms in total. The molecule has 27 heavy (non-hydrogen) atoms. The first-order chi connectivity index (χ1) is 12.8. The maximum atomic E-state index is 13.7. The van der Waals surface area contributed by atoms with Crippen LogP contribution >= 0.6 is 15.9 Å². The molecule has 1 saturated carbocycles. The molecule has 0 unspecified atom stereocenters. The Morgan fingerprint density at radius 2 is 1.85 bits per heavy atom. The predicted octanol–water partition coefficient (Wildman–Crippen LogP) is 3.10. The fourth-order valence-electron chi connectivity index (χ4n) is 2.38. The number of carbonyl (C=O) groups is 1. The van der Waals surface area contributed by atoms with Gasteiger partial charge >= 0.3 is 0 Å². The summed E-state index contributed by atoms with van der Waals surface area (Å²) in [5.74, 6) is -0.661.